The van der Waals surface area contributed by atoms with E-state index in [1.807, 2.05) is 44.2 Å². The monoisotopic (exact) mass is 481 g/mol. The van der Waals surface area contributed by atoms with Crippen LogP contribution < -0.4 is 5.32 Å². The smallest absolute Gasteiger partial charge is 0.341 e. The van der Waals surface area contributed by atoms with E-state index in [0.29, 0.717) is 22.7 Å². The molecule has 1 aliphatic carbocycles. The maximum atomic E-state index is 12.9. The number of amides is 1. The summed E-state index contributed by atoms with van der Waals surface area (Å²) in [5.41, 5.74) is 5.11. The lowest BCUT2D eigenvalue weighted by Crippen LogP contribution is -2.15. The van der Waals surface area contributed by atoms with Crippen LogP contribution in [0.2, 0.25) is 0 Å². The Morgan fingerprint density at radius 3 is 2.48 bits per heavy atom. The Hall–Kier alpha value is -2.71. The fraction of sp³-hybridized carbons (Fsp3) is 0.360. The maximum Gasteiger partial charge on any atom is 0.341 e. The molecule has 0 saturated carbocycles. The summed E-state index contributed by atoms with van der Waals surface area (Å²) in [5, 5.41) is 4.31. The Balaban J connectivity index is 1.46. The van der Waals surface area contributed by atoms with Crippen LogP contribution in [0.5, 0.6) is 0 Å². The first-order valence-corrected chi connectivity index (χ1v) is 12.9. The van der Waals surface area contributed by atoms with Gasteiger partial charge >= 0.3 is 5.97 Å². The van der Waals surface area contributed by atoms with Gasteiger partial charge in [0.15, 0.2) is 5.16 Å². The second-order valence-corrected chi connectivity index (χ2v) is 10.1. The predicted octanol–water partition coefficient (Wildman–Crippen LogP) is 5.76. The van der Waals surface area contributed by atoms with Gasteiger partial charge in [-0.15, -0.1) is 11.3 Å². The van der Waals surface area contributed by atoms with Crippen LogP contribution in [0.3, 0.4) is 0 Å². The first-order chi connectivity index (χ1) is 15.9. The molecule has 1 aromatic carbocycles. The van der Waals surface area contributed by atoms with Gasteiger partial charge in [0.25, 0.3) is 5.91 Å². The van der Waals surface area contributed by atoms with Crippen molar-refractivity contribution in [2.75, 3.05) is 11.9 Å². The van der Waals surface area contributed by atoms with Gasteiger partial charge in [0.2, 0.25) is 0 Å². The van der Waals surface area contributed by atoms with E-state index in [1.165, 1.54) is 16.2 Å². The molecular weight excluding hydrogens is 454 g/mol. The van der Waals surface area contributed by atoms with Gasteiger partial charge in [0.1, 0.15) is 5.00 Å². The molecule has 3 aromatic rings. The second-order valence-electron chi connectivity index (χ2n) is 8.01. The van der Waals surface area contributed by atoms with E-state index in [0.717, 1.165) is 59.1 Å². The molecule has 0 spiro atoms. The minimum atomic E-state index is -0.354. The minimum absolute atomic E-state index is 0.226. The maximum absolute atomic E-state index is 12.9. The van der Waals surface area contributed by atoms with Gasteiger partial charge in [0, 0.05) is 27.6 Å². The molecule has 0 bridgehead atoms. The Morgan fingerprint density at radius 1 is 1.09 bits per heavy atom. The van der Waals surface area contributed by atoms with Gasteiger partial charge in [-0.2, -0.15) is 0 Å². The van der Waals surface area contributed by atoms with E-state index < -0.39 is 0 Å². The number of aryl methyl sites for hydroxylation is 3. The van der Waals surface area contributed by atoms with Crippen molar-refractivity contribution in [2.45, 2.75) is 57.4 Å². The highest BCUT2D eigenvalue weighted by molar-refractivity contribution is 7.98. The van der Waals surface area contributed by atoms with Crippen molar-refractivity contribution < 1.29 is 14.3 Å². The highest BCUT2D eigenvalue weighted by atomic mass is 32.2. The molecule has 0 unspecified atom stereocenters. The van der Waals surface area contributed by atoms with Gasteiger partial charge in [-0.3, -0.25) is 4.79 Å². The number of rotatable bonds is 7. The zero-order chi connectivity index (χ0) is 23.4. The highest BCUT2D eigenvalue weighted by Crippen LogP contribution is 2.38. The fourth-order valence-electron chi connectivity index (χ4n) is 3.91. The Bertz CT molecular complexity index is 1150. The summed E-state index contributed by atoms with van der Waals surface area (Å²) in [4.78, 5) is 35.6. The Kier molecular flexibility index (Phi) is 7.45. The quantitative estimate of drug-likeness (QED) is 0.263. The third kappa shape index (κ3) is 5.62. The van der Waals surface area contributed by atoms with Crippen molar-refractivity contribution >= 4 is 40.0 Å². The summed E-state index contributed by atoms with van der Waals surface area (Å²) in [6.45, 7) is 6.03. The number of ether oxygens (including phenoxy) is 1. The summed E-state index contributed by atoms with van der Waals surface area (Å²) >= 11 is 3.07. The zero-order valence-corrected chi connectivity index (χ0v) is 20.7. The number of hydrogen-bond acceptors (Lipinski definition) is 7. The largest absolute Gasteiger partial charge is 0.462 e. The molecule has 2 heterocycles. The number of carbonyl (C=O) groups is 2. The molecular formula is C25H27N3O3S2. The van der Waals surface area contributed by atoms with E-state index in [1.54, 1.807) is 18.7 Å². The number of anilines is 1. The molecule has 0 fully saturated rings. The zero-order valence-electron chi connectivity index (χ0n) is 19.1. The van der Waals surface area contributed by atoms with Crippen LogP contribution in [-0.4, -0.2) is 28.5 Å². The number of esters is 1. The third-order valence-electron chi connectivity index (χ3n) is 5.42. The summed E-state index contributed by atoms with van der Waals surface area (Å²) in [5.74, 6) is 0.138. The van der Waals surface area contributed by atoms with Gasteiger partial charge < -0.3 is 10.1 Å². The molecule has 1 aliphatic rings. The Morgan fingerprint density at radius 2 is 1.79 bits per heavy atom. The molecule has 1 amide bonds. The number of carbonyl (C=O) groups excluding carboxylic acids is 2. The first-order valence-electron chi connectivity index (χ1n) is 11.1. The summed E-state index contributed by atoms with van der Waals surface area (Å²) < 4.78 is 5.28. The van der Waals surface area contributed by atoms with E-state index in [9.17, 15) is 9.59 Å². The Labute approximate surface area is 202 Å². The van der Waals surface area contributed by atoms with E-state index in [4.69, 9.17) is 4.74 Å². The van der Waals surface area contributed by atoms with Gasteiger partial charge in [0.05, 0.1) is 12.2 Å². The number of benzene rings is 1. The molecule has 33 heavy (non-hydrogen) atoms. The van der Waals surface area contributed by atoms with Crippen molar-refractivity contribution in [2.24, 2.45) is 0 Å². The highest BCUT2D eigenvalue weighted by Gasteiger charge is 2.27. The molecule has 4 rings (SSSR count). The van der Waals surface area contributed by atoms with Crippen LogP contribution in [0.4, 0.5) is 5.00 Å². The van der Waals surface area contributed by atoms with E-state index >= 15 is 0 Å². The van der Waals surface area contributed by atoms with Crippen LogP contribution in [0.25, 0.3) is 0 Å². The number of hydrogen-bond donors (Lipinski definition) is 1. The number of thiophene rings is 1. The van der Waals surface area contributed by atoms with Crippen molar-refractivity contribution in [1.82, 2.24) is 9.97 Å². The normalized spacial score (nSPS) is 12.8. The standard InChI is InChI=1S/C25H27N3O3S2/c1-4-31-24(30)21-19-7-5-6-8-20(19)33-23(21)28-22(29)18-11-9-17(10-12-18)14-32-25-26-15(2)13-16(3)27-25/h9-13H,4-8,14H2,1-3H3,(H,28,29). The van der Waals surface area contributed by atoms with Crippen molar-refractivity contribution in [1.29, 1.82) is 0 Å². The van der Waals surface area contributed by atoms with Crippen LogP contribution >= 0.6 is 23.1 Å². The fourth-order valence-corrected chi connectivity index (χ4v) is 6.08. The number of nitrogens with one attached hydrogen (secondary N) is 1. The molecule has 1 N–H and O–H groups in total. The van der Waals surface area contributed by atoms with Gasteiger partial charge in [-0.25, -0.2) is 14.8 Å². The lowest BCUT2D eigenvalue weighted by Gasteiger charge is -2.12. The lowest BCUT2D eigenvalue weighted by atomic mass is 9.95. The molecule has 0 atom stereocenters. The third-order valence-corrected chi connectivity index (χ3v) is 7.55. The molecule has 8 heteroatoms. The summed E-state index contributed by atoms with van der Waals surface area (Å²) in [6, 6.07) is 9.46. The van der Waals surface area contributed by atoms with Crippen LogP contribution in [0.15, 0.2) is 35.5 Å². The van der Waals surface area contributed by atoms with Crippen molar-refractivity contribution in [3.63, 3.8) is 0 Å². The summed E-state index contributed by atoms with van der Waals surface area (Å²) in [7, 11) is 0. The van der Waals surface area contributed by atoms with Crippen molar-refractivity contribution in [3.8, 4) is 0 Å². The molecule has 0 saturated heterocycles. The number of fused-ring (bicyclic) bond motifs is 1. The van der Waals surface area contributed by atoms with Gasteiger partial charge in [-0.05, 0) is 75.8 Å². The van der Waals surface area contributed by atoms with Gasteiger partial charge in [-0.1, -0.05) is 23.9 Å². The molecule has 6 nitrogen and oxygen atoms in total. The lowest BCUT2D eigenvalue weighted by molar-refractivity contribution is 0.0526. The average Bonchev–Trinajstić information content (AvgIpc) is 3.15. The molecule has 0 aliphatic heterocycles. The SMILES string of the molecule is CCOC(=O)c1c(NC(=O)c2ccc(CSc3nc(C)cc(C)n3)cc2)sc2c1CCCC2. The number of thioether (sulfide) groups is 1. The first kappa shape index (κ1) is 23.4. The van der Waals surface area contributed by atoms with Crippen LogP contribution in [0.1, 0.15) is 67.9 Å². The summed E-state index contributed by atoms with van der Waals surface area (Å²) in [6.07, 6.45) is 3.96. The minimum Gasteiger partial charge on any atom is -0.462 e. The number of aromatic nitrogens is 2. The second kappa shape index (κ2) is 10.5. The molecule has 0 radical (unpaired) electrons. The van der Waals surface area contributed by atoms with Crippen LogP contribution in [0, 0.1) is 13.8 Å². The van der Waals surface area contributed by atoms with Crippen LogP contribution in [-0.2, 0) is 23.3 Å². The number of nitrogens with zero attached hydrogens (tertiary/aromatic N) is 2. The van der Waals surface area contributed by atoms with E-state index in [2.05, 4.69) is 15.3 Å². The molecule has 172 valence electrons. The van der Waals surface area contributed by atoms with E-state index in [-0.39, 0.29) is 11.9 Å². The van der Waals surface area contributed by atoms with Crippen molar-refractivity contribution in [3.05, 3.63) is 68.9 Å². The molecule has 2 aromatic heterocycles. The predicted molar refractivity (Wildman–Crippen MR) is 132 cm³/mol. The average molecular weight is 482 g/mol. The topological polar surface area (TPSA) is 81.2 Å².